The summed E-state index contributed by atoms with van der Waals surface area (Å²) in [6, 6.07) is 9.24. The van der Waals surface area contributed by atoms with Crippen LogP contribution in [0.1, 0.15) is 50.8 Å². The fraction of sp³-hybridized carbons (Fsp3) is 0.562. The molecule has 19 heavy (non-hydrogen) atoms. The zero-order valence-corrected chi connectivity index (χ0v) is 12.6. The van der Waals surface area contributed by atoms with Crippen LogP contribution in [0.15, 0.2) is 24.3 Å². The van der Waals surface area contributed by atoms with E-state index in [1.807, 2.05) is 16.8 Å². The van der Waals surface area contributed by atoms with Crippen molar-refractivity contribution in [2.45, 2.75) is 45.7 Å². The van der Waals surface area contributed by atoms with E-state index >= 15 is 0 Å². The fourth-order valence-corrected chi connectivity index (χ4v) is 2.59. The Hall–Kier alpha value is -1.51. The molecule has 104 valence electrons. The quantitative estimate of drug-likeness (QED) is 0.814. The molecule has 1 aromatic rings. The number of benzene rings is 1. The summed E-state index contributed by atoms with van der Waals surface area (Å²) in [5.41, 5.74) is 2.57. The van der Waals surface area contributed by atoms with E-state index in [0.29, 0.717) is 5.92 Å². The maximum Gasteiger partial charge on any atom is 0.320 e. The first kappa shape index (κ1) is 13.9. The predicted molar refractivity (Wildman–Crippen MR) is 78.3 cm³/mol. The van der Waals surface area contributed by atoms with Gasteiger partial charge in [0.2, 0.25) is 0 Å². The van der Waals surface area contributed by atoms with Crippen molar-refractivity contribution in [2.24, 2.45) is 0 Å². The summed E-state index contributed by atoms with van der Waals surface area (Å²) in [5.74, 6) is 0.546. The van der Waals surface area contributed by atoms with Gasteiger partial charge in [-0.2, -0.15) is 0 Å². The minimum atomic E-state index is 0.132. The molecule has 1 saturated heterocycles. The van der Waals surface area contributed by atoms with Gasteiger partial charge >= 0.3 is 6.03 Å². The number of nitrogens with zero attached hydrogens (tertiary/aromatic N) is 2. The molecule has 0 aromatic heterocycles. The summed E-state index contributed by atoms with van der Waals surface area (Å²) in [6.07, 6.45) is 0. The summed E-state index contributed by atoms with van der Waals surface area (Å²) < 4.78 is 0. The number of amides is 2. The van der Waals surface area contributed by atoms with E-state index in [-0.39, 0.29) is 18.1 Å². The minimum absolute atomic E-state index is 0.132. The molecule has 1 atom stereocenters. The molecule has 0 radical (unpaired) electrons. The third-order valence-corrected chi connectivity index (χ3v) is 4.00. The highest BCUT2D eigenvalue weighted by Crippen LogP contribution is 2.30. The highest BCUT2D eigenvalue weighted by atomic mass is 16.2. The maximum atomic E-state index is 12.2. The van der Waals surface area contributed by atoms with Crippen molar-refractivity contribution in [3.8, 4) is 0 Å². The highest BCUT2D eigenvalue weighted by Gasteiger charge is 2.36. The molecule has 2 rings (SSSR count). The smallest absolute Gasteiger partial charge is 0.320 e. The lowest BCUT2D eigenvalue weighted by Gasteiger charge is -2.19. The Balaban J connectivity index is 2.20. The first-order valence-corrected chi connectivity index (χ1v) is 7.05. The number of carbonyl (C=O) groups is 1. The van der Waals surface area contributed by atoms with Crippen LogP contribution in [-0.4, -0.2) is 35.5 Å². The molecule has 1 heterocycles. The van der Waals surface area contributed by atoms with E-state index in [2.05, 4.69) is 52.0 Å². The van der Waals surface area contributed by atoms with Gasteiger partial charge in [0.05, 0.1) is 6.04 Å². The van der Waals surface area contributed by atoms with Gasteiger partial charge in [0, 0.05) is 19.6 Å². The first-order valence-electron chi connectivity index (χ1n) is 7.05. The zero-order chi connectivity index (χ0) is 14.2. The Kier molecular flexibility index (Phi) is 3.83. The largest absolute Gasteiger partial charge is 0.320 e. The molecular formula is C16H24N2O. The van der Waals surface area contributed by atoms with Crippen molar-refractivity contribution in [1.82, 2.24) is 9.80 Å². The molecule has 0 aliphatic carbocycles. The molecule has 0 spiro atoms. The van der Waals surface area contributed by atoms with Gasteiger partial charge in [0.15, 0.2) is 0 Å². The molecule has 3 heteroatoms. The standard InChI is InChI=1S/C16H24N2O/c1-11(2)13-6-8-14(9-7-13)15-10-18(12(3)4)16(19)17(15)5/h6-9,11-12,15H,10H2,1-5H3. The first-order chi connectivity index (χ1) is 8.91. The van der Waals surface area contributed by atoms with Crippen LogP contribution in [0.5, 0.6) is 0 Å². The second-order valence-electron chi connectivity index (χ2n) is 5.98. The van der Waals surface area contributed by atoms with Crippen molar-refractivity contribution >= 4 is 6.03 Å². The van der Waals surface area contributed by atoms with Gasteiger partial charge in [-0.3, -0.25) is 0 Å². The third kappa shape index (κ3) is 2.60. The van der Waals surface area contributed by atoms with Crippen LogP contribution in [0, 0.1) is 0 Å². The second kappa shape index (κ2) is 5.24. The van der Waals surface area contributed by atoms with E-state index in [4.69, 9.17) is 0 Å². The average molecular weight is 260 g/mol. The van der Waals surface area contributed by atoms with Crippen LogP contribution >= 0.6 is 0 Å². The molecular weight excluding hydrogens is 236 g/mol. The Morgan fingerprint density at radius 2 is 1.68 bits per heavy atom. The van der Waals surface area contributed by atoms with Gasteiger partial charge in [-0.15, -0.1) is 0 Å². The molecule has 1 fully saturated rings. The lowest BCUT2D eigenvalue weighted by molar-refractivity contribution is 0.187. The summed E-state index contributed by atoms with van der Waals surface area (Å²) in [7, 11) is 1.89. The molecule has 2 amide bonds. The van der Waals surface area contributed by atoms with Crippen LogP contribution in [0.4, 0.5) is 4.79 Å². The van der Waals surface area contributed by atoms with Crippen molar-refractivity contribution in [3.05, 3.63) is 35.4 Å². The number of urea groups is 1. The average Bonchev–Trinajstić information content (AvgIpc) is 2.67. The van der Waals surface area contributed by atoms with E-state index in [1.54, 1.807) is 0 Å². The monoisotopic (exact) mass is 260 g/mol. The molecule has 0 saturated carbocycles. The van der Waals surface area contributed by atoms with Crippen LogP contribution < -0.4 is 0 Å². The van der Waals surface area contributed by atoms with E-state index in [1.165, 1.54) is 11.1 Å². The zero-order valence-electron chi connectivity index (χ0n) is 12.6. The summed E-state index contributed by atoms with van der Waals surface area (Å²) >= 11 is 0. The van der Waals surface area contributed by atoms with Crippen LogP contribution in [-0.2, 0) is 0 Å². The topological polar surface area (TPSA) is 23.6 Å². The van der Waals surface area contributed by atoms with Crippen molar-refractivity contribution in [1.29, 1.82) is 0 Å². The summed E-state index contributed by atoms with van der Waals surface area (Å²) in [5, 5.41) is 0. The number of hydrogen-bond acceptors (Lipinski definition) is 1. The van der Waals surface area contributed by atoms with Gasteiger partial charge < -0.3 is 9.80 Å². The van der Waals surface area contributed by atoms with Crippen molar-refractivity contribution in [3.63, 3.8) is 0 Å². The SMILES string of the molecule is CC(C)c1ccc(C2CN(C(C)C)C(=O)N2C)cc1. The molecule has 0 N–H and O–H groups in total. The fourth-order valence-electron chi connectivity index (χ4n) is 2.59. The number of rotatable bonds is 3. The Morgan fingerprint density at radius 3 is 2.11 bits per heavy atom. The van der Waals surface area contributed by atoms with E-state index < -0.39 is 0 Å². The number of carbonyl (C=O) groups excluding carboxylic acids is 1. The number of likely N-dealkylation sites (N-methyl/N-ethyl adjacent to an activating group) is 1. The maximum absolute atomic E-state index is 12.2. The van der Waals surface area contributed by atoms with Crippen molar-refractivity contribution < 1.29 is 4.79 Å². The lowest BCUT2D eigenvalue weighted by Crippen LogP contribution is -2.34. The Bertz CT molecular complexity index is 450. The molecule has 1 aliphatic rings. The van der Waals surface area contributed by atoms with E-state index in [0.717, 1.165) is 6.54 Å². The number of hydrogen-bond donors (Lipinski definition) is 0. The summed E-state index contributed by atoms with van der Waals surface area (Å²) in [6.45, 7) is 9.31. The van der Waals surface area contributed by atoms with Crippen molar-refractivity contribution in [2.75, 3.05) is 13.6 Å². The van der Waals surface area contributed by atoms with Gasteiger partial charge in [-0.1, -0.05) is 38.1 Å². The second-order valence-corrected chi connectivity index (χ2v) is 5.98. The molecule has 3 nitrogen and oxygen atoms in total. The Morgan fingerprint density at radius 1 is 1.11 bits per heavy atom. The normalized spacial score (nSPS) is 19.9. The predicted octanol–water partition coefficient (Wildman–Crippen LogP) is 3.63. The summed E-state index contributed by atoms with van der Waals surface area (Å²) in [4.78, 5) is 15.9. The van der Waals surface area contributed by atoms with Gasteiger partial charge in [-0.05, 0) is 30.9 Å². The van der Waals surface area contributed by atoms with Crippen LogP contribution in [0.3, 0.4) is 0 Å². The molecule has 0 bridgehead atoms. The van der Waals surface area contributed by atoms with Gasteiger partial charge in [0.1, 0.15) is 0 Å². The molecule has 1 aromatic carbocycles. The lowest BCUT2D eigenvalue weighted by atomic mass is 9.99. The highest BCUT2D eigenvalue weighted by molar-refractivity contribution is 5.77. The third-order valence-electron chi connectivity index (χ3n) is 4.00. The van der Waals surface area contributed by atoms with Gasteiger partial charge in [0.25, 0.3) is 0 Å². The molecule has 1 unspecified atom stereocenters. The Labute approximate surface area is 116 Å². The molecule has 1 aliphatic heterocycles. The van der Waals surface area contributed by atoms with Crippen LogP contribution in [0.25, 0.3) is 0 Å². The minimum Gasteiger partial charge on any atom is -0.320 e. The van der Waals surface area contributed by atoms with E-state index in [9.17, 15) is 4.79 Å². The van der Waals surface area contributed by atoms with Gasteiger partial charge in [-0.25, -0.2) is 4.79 Å². The van der Waals surface area contributed by atoms with Crippen LogP contribution in [0.2, 0.25) is 0 Å².